The first kappa shape index (κ1) is 14.0. The average Bonchev–Trinajstić information content (AvgIpc) is 2.90. The molecule has 1 aliphatic rings. The average molecular weight is 392 g/mol. The molecule has 3 heterocycles. The lowest BCUT2D eigenvalue weighted by atomic mass is 9.99. The lowest BCUT2D eigenvalue weighted by Crippen LogP contribution is -2.21. The van der Waals surface area contributed by atoms with E-state index in [1.54, 1.807) is 17.5 Å². The van der Waals surface area contributed by atoms with Gasteiger partial charge in [0, 0.05) is 9.49 Å². The van der Waals surface area contributed by atoms with Gasteiger partial charge >= 0.3 is 0 Å². The molecule has 0 aromatic carbocycles. The molecule has 4 atom stereocenters. The molecule has 0 bridgehead atoms. The lowest BCUT2D eigenvalue weighted by molar-refractivity contribution is -0.00713. The fraction of sp³-hybridized carbons (Fsp3) is 0.500. The van der Waals surface area contributed by atoms with E-state index in [0.29, 0.717) is 17.0 Å². The number of aliphatic hydroxyl groups excluding tert-OH is 1. The molecule has 1 fully saturated rings. The summed E-state index contributed by atoms with van der Waals surface area (Å²) >= 11 is 2.11. The summed E-state index contributed by atoms with van der Waals surface area (Å²) in [5.41, 5.74) is 7.08. The maximum atomic E-state index is 14.4. The molecule has 0 aliphatic carbocycles. The third-order valence-corrected chi connectivity index (χ3v) is 4.56. The highest BCUT2D eigenvalue weighted by Crippen LogP contribution is 2.40. The SMILES string of the molecule is C[C@H]1[C@@H](F)[C@H](c2cc(I)c3c(N)ncnn23)O[C@@H]1CO. The molecule has 0 amide bonds. The standard InChI is InChI=1S/C12H14FIN4O2/c1-5-8(3-19)20-11(9(5)13)7-2-6(14)10-12(15)16-4-17-18(7)10/h2,4-5,8-9,11,19H,3H2,1H3,(H2,15,16,17)/t5-,8-,9-,11+/m1/s1. The summed E-state index contributed by atoms with van der Waals surface area (Å²) in [5.74, 6) is -0.0248. The predicted molar refractivity (Wildman–Crippen MR) is 78.9 cm³/mol. The maximum Gasteiger partial charge on any atom is 0.152 e. The zero-order chi connectivity index (χ0) is 14.4. The minimum atomic E-state index is -1.20. The first-order chi connectivity index (χ1) is 9.54. The smallest absolute Gasteiger partial charge is 0.152 e. The Hall–Kier alpha value is -1.00. The molecule has 6 nitrogen and oxygen atoms in total. The number of rotatable bonds is 2. The Labute approximate surface area is 128 Å². The van der Waals surface area contributed by atoms with Gasteiger partial charge in [0.2, 0.25) is 0 Å². The number of nitrogens with zero attached hydrogens (tertiary/aromatic N) is 3. The van der Waals surface area contributed by atoms with Crippen molar-refractivity contribution in [3.63, 3.8) is 0 Å². The quantitative estimate of drug-likeness (QED) is 0.754. The van der Waals surface area contributed by atoms with Crippen LogP contribution >= 0.6 is 22.6 Å². The van der Waals surface area contributed by atoms with E-state index in [1.165, 1.54) is 6.33 Å². The number of ether oxygens (including phenoxy) is 1. The molecular formula is C12H14FIN4O2. The molecule has 2 aromatic heterocycles. The Balaban J connectivity index is 2.10. The van der Waals surface area contributed by atoms with Gasteiger partial charge < -0.3 is 15.6 Å². The fourth-order valence-electron chi connectivity index (χ4n) is 2.56. The van der Waals surface area contributed by atoms with Gasteiger partial charge in [0.25, 0.3) is 0 Å². The van der Waals surface area contributed by atoms with Crippen molar-refractivity contribution in [3.8, 4) is 0 Å². The van der Waals surface area contributed by atoms with Gasteiger partial charge in [-0.05, 0) is 28.7 Å². The molecule has 20 heavy (non-hydrogen) atoms. The van der Waals surface area contributed by atoms with Gasteiger partial charge in [-0.25, -0.2) is 13.9 Å². The van der Waals surface area contributed by atoms with Crippen LogP contribution < -0.4 is 5.73 Å². The van der Waals surface area contributed by atoms with Gasteiger partial charge in [0.05, 0.1) is 18.4 Å². The van der Waals surface area contributed by atoms with Crippen LogP contribution in [-0.4, -0.2) is 38.6 Å². The van der Waals surface area contributed by atoms with Crippen LogP contribution in [0.15, 0.2) is 12.4 Å². The molecule has 0 unspecified atom stereocenters. The molecular weight excluding hydrogens is 378 g/mol. The Morgan fingerprint density at radius 3 is 3.00 bits per heavy atom. The summed E-state index contributed by atoms with van der Waals surface area (Å²) < 4.78 is 22.5. The Bertz CT molecular complexity index is 650. The number of alkyl halides is 1. The first-order valence-corrected chi connectivity index (χ1v) is 7.30. The van der Waals surface area contributed by atoms with Crippen molar-refractivity contribution in [1.29, 1.82) is 0 Å². The number of aliphatic hydroxyl groups is 1. The van der Waals surface area contributed by atoms with Gasteiger partial charge in [0.1, 0.15) is 24.1 Å². The number of fused-ring (bicyclic) bond motifs is 1. The van der Waals surface area contributed by atoms with Gasteiger partial charge in [-0.3, -0.25) is 0 Å². The van der Waals surface area contributed by atoms with Crippen molar-refractivity contribution < 1.29 is 14.2 Å². The fourth-order valence-corrected chi connectivity index (χ4v) is 3.38. The van der Waals surface area contributed by atoms with Crippen LogP contribution in [0.25, 0.3) is 5.52 Å². The van der Waals surface area contributed by atoms with Gasteiger partial charge in [-0.1, -0.05) is 6.92 Å². The van der Waals surface area contributed by atoms with Gasteiger partial charge in [0.15, 0.2) is 5.82 Å². The second-order valence-corrected chi connectivity index (χ2v) is 6.07. The van der Waals surface area contributed by atoms with E-state index < -0.39 is 18.4 Å². The second kappa shape index (κ2) is 5.08. The number of anilines is 1. The summed E-state index contributed by atoms with van der Waals surface area (Å²) in [4.78, 5) is 3.94. The van der Waals surface area contributed by atoms with Crippen LogP contribution in [-0.2, 0) is 4.74 Å². The molecule has 1 aliphatic heterocycles. The molecule has 8 heteroatoms. The van der Waals surface area contributed by atoms with Crippen LogP contribution in [0.5, 0.6) is 0 Å². The van der Waals surface area contributed by atoms with Crippen molar-refractivity contribution in [2.45, 2.75) is 25.3 Å². The third kappa shape index (κ3) is 1.97. The topological polar surface area (TPSA) is 85.7 Å². The molecule has 3 N–H and O–H groups in total. The number of hydrogen-bond acceptors (Lipinski definition) is 5. The lowest BCUT2D eigenvalue weighted by Gasteiger charge is -2.13. The molecule has 1 saturated heterocycles. The Morgan fingerprint density at radius 1 is 1.60 bits per heavy atom. The molecule has 2 aromatic rings. The highest BCUT2D eigenvalue weighted by molar-refractivity contribution is 14.1. The molecule has 3 rings (SSSR count). The predicted octanol–water partition coefficient (Wildman–Crippen LogP) is 1.32. The molecule has 0 saturated carbocycles. The molecule has 0 spiro atoms. The summed E-state index contributed by atoms with van der Waals surface area (Å²) in [6.45, 7) is 1.53. The highest BCUT2D eigenvalue weighted by Gasteiger charge is 2.44. The summed E-state index contributed by atoms with van der Waals surface area (Å²) in [7, 11) is 0. The number of nitrogen functional groups attached to an aromatic ring is 1. The maximum absolute atomic E-state index is 14.4. The number of halogens is 2. The monoisotopic (exact) mass is 392 g/mol. The van der Waals surface area contributed by atoms with Crippen molar-refractivity contribution in [1.82, 2.24) is 14.6 Å². The van der Waals surface area contributed by atoms with Crippen LogP contribution in [0.3, 0.4) is 0 Å². The zero-order valence-electron chi connectivity index (χ0n) is 10.7. The van der Waals surface area contributed by atoms with Crippen LogP contribution in [0, 0.1) is 9.49 Å². The number of nitrogens with two attached hydrogens (primary N) is 1. The van der Waals surface area contributed by atoms with Gasteiger partial charge in [-0.2, -0.15) is 5.10 Å². The zero-order valence-corrected chi connectivity index (χ0v) is 12.9. The Morgan fingerprint density at radius 2 is 2.35 bits per heavy atom. The minimum Gasteiger partial charge on any atom is -0.394 e. The molecule has 0 radical (unpaired) electrons. The van der Waals surface area contributed by atoms with E-state index in [0.717, 1.165) is 3.57 Å². The largest absolute Gasteiger partial charge is 0.394 e. The number of aromatic nitrogens is 3. The number of hydrogen-bond donors (Lipinski definition) is 2. The van der Waals surface area contributed by atoms with Crippen molar-refractivity contribution in [2.24, 2.45) is 5.92 Å². The van der Waals surface area contributed by atoms with E-state index >= 15 is 0 Å². The summed E-state index contributed by atoms with van der Waals surface area (Å²) in [5, 5.41) is 13.4. The normalized spacial score (nSPS) is 30.2. The second-order valence-electron chi connectivity index (χ2n) is 4.90. The van der Waals surface area contributed by atoms with E-state index in [9.17, 15) is 9.50 Å². The van der Waals surface area contributed by atoms with E-state index in [1.807, 2.05) is 0 Å². The van der Waals surface area contributed by atoms with Crippen LogP contribution in [0.4, 0.5) is 10.2 Å². The summed E-state index contributed by atoms with van der Waals surface area (Å²) in [6.07, 6.45) is -1.13. The van der Waals surface area contributed by atoms with Crippen molar-refractivity contribution >= 4 is 33.9 Å². The van der Waals surface area contributed by atoms with Crippen LogP contribution in [0.2, 0.25) is 0 Å². The first-order valence-electron chi connectivity index (χ1n) is 6.22. The van der Waals surface area contributed by atoms with Crippen LogP contribution in [0.1, 0.15) is 18.7 Å². The van der Waals surface area contributed by atoms with Gasteiger partial charge in [-0.15, -0.1) is 0 Å². The van der Waals surface area contributed by atoms with Crippen molar-refractivity contribution in [3.05, 3.63) is 21.7 Å². The molecule has 108 valence electrons. The van der Waals surface area contributed by atoms with E-state index in [-0.39, 0.29) is 12.5 Å². The highest BCUT2D eigenvalue weighted by atomic mass is 127. The van der Waals surface area contributed by atoms with Crippen molar-refractivity contribution in [2.75, 3.05) is 12.3 Å². The minimum absolute atomic E-state index is 0.199. The summed E-state index contributed by atoms with van der Waals surface area (Å²) in [6, 6.07) is 1.80. The third-order valence-electron chi connectivity index (χ3n) is 3.73. The van der Waals surface area contributed by atoms with E-state index in [2.05, 4.69) is 32.7 Å². The van der Waals surface area contributed by atoms with E-state index in [4.69, 9.17) is 10.5 Å². The Kier molecular flexibility index (Phi) is 3.55.